The van der Waals surface area contributed by atoms with E-state index in [1.165, 1.54) is 0 Å². The predicted octanol–water partition coefficient (Wildman–Crippen LogP) is 3.87. The molecule has 0 aliphatic carbocycles. The van der Waals surface area contributed by atoms with Gasteiger partial charge in [0.15, 0.2) is 0 Å². The number of carboxylic acids is 1. The molecule has 0 radical (unpaired) electrons. The van der Waals surface area contributed by atoms with Gasteiger partial charge in [-0.15, -0.1) is 0 Å². The van der Waals surface area contributed by atoms with Gasteiger partial charge in [0.2, 0.25) is 5.91 Å². The maximum atomic E-state index is 12.6. The SMILES string of the molecule is Cc1cccc(OCCCCC(=O)N2CC(C(=O)O)C(c3ccccc3)C2)c1. The molecule has 1 fully saturated rings. The minimum atomic E-state index is -0.837. The molecule has 1 aliphatic heterocycles. The molecule has 2 aromatic carbocycles. The molecule has 0 aromatic heterocycles. The second kappa shape index (κ2) is 9.40. The van der Waals surface area contributed by atoms with Crippen LogP contribution in [0.5, 0.6) is 5.75 Å². The Bertz CT molecular complexity index is 805. The number of amides is 1. The molecule has 1 heterocycles. The summed E-state index contributed by atoms with van der Waals surface area (Å²) >= 11 is 0. The minimum Gasteiger partial charge on any atom is -0.494 e. The molecule has 0 bridgehead atoms. The lowest BCUT2D eigenvalue weighted by molar-refractivity contribution is -0.141. The van der Waals surface area contributed by atoms with E-state index < -0.39 is 11.9 Å². The molecule has 1 amide bonds. The molecule has 2 aromatic rings. The lowest BCUT2D eigenvalue weighted by Crippen LogP contribution is -2.29. The van der Waals surface area contributed by atoms with Crippen LogP contribution >= 0.6 is 0 Å². The van der Waals surface area contributed by atoms with Gasteiger partial charge in [0.1, 0.15) is 5.75 Å². The van der Waals surface area contributed by atoms with E-state index in [0.29, 0.717) is 19.6 Å². The number of nitrogens with zero attached hydrogens (tertiary/aromatic N) is 1. The summed E-state index contributed by atoms with van der Waals surface area (Å²) in [7, 11) is 0. The van der Waals surface area contributed by atoms with Crippen LogP contribution < -0.4 is 4.74 Å². The Morgan fingerprint density at radius 1 is 1.07 bits per heavy atom. The van der Waals surface area contributed by atoms with Crippen LogP contribution in [0.3, 0.4) is 0 Å². The molecule has 2 unspecified atom stereocenters. The van der Waals surface area contributed by atoms with Crippen LogP contribution in [-0.2, 0) is 9.59 Å². The van der Waals surface area contributed by atoms with Gasteiger partial charge in [-0.1, -0.05) is 42.5 Å². The number of carboxylic acid groups (broad SMARTS) is 1. The van der Waals surface area contributed by atoms with Crippen LogP contribution in [0.2, 0.25) is 0 Å². The Labute approximate surface area is 165 Å². The fourth-order valence-corrected chi connectivity index (χ4v) is 3.73. The van der Waals surface area contributed by atoms with Crippen molar-refractivity contribution >= 4 is 11.9 Å². The van der Waals surface area contributed by atoms with Crippen molar-refractivity contribution in [1.29, 1.82) is 0 Å². The molecule has 2 atom stereocenters. The van der Waals surface area contributed by atoms with E-state index in [9.17, 15) is 14.7 Å². The molecule has 5 heteroatoms. The number of carbonyl (C=O) groups is 2. The molecule has 3 rings (SSSR count). The first kappa shape index (κ1) is 19.9. The van der Waals surface area contributed by atoms with Crippen molar-refractivity contribution < 1.29 is 19.4 Å². The average Bonchev–Trinajstić information content (AvgIpc) is 3.14. The fraction of sp³-hybridized carbons (Fsp3) is 0.391. The number of hydrogen-bond acceptors (Lipinski definition) is 3. The lowest BCUT2D eigenvalue weighted by atomic mass is 9.89. The number of aliphatic carboxylic acids is 1. The molecule has 0 spiro atoms. The highest BCUT2D eigenvalue weighted by molar-refractivity contribution is 5.79. The first-order valence-corrected chi connectivity index (χ1v) is 9.79. The van der Waals surface area contributed by atoms with Crippen molar-refractivity contribution in [3.05, 3.63) is 65.7 Å². The van der Waals surface area contributed by atoms with Gasteiger partial charge in [0.05, 0.1) is 12.5 Å². The van der Waals surface area contributed by atoms with E-state index in [1.807, 2.05) is 61.5 Å². The minimum absolute atomic E-state index is 0.0280. The van der Waals surface area contributed by atoms with Crippen molar-refractivity contribution in [1.82, 2.24) is 4.90 Å². The highest BCUT2D eigenvalue weighted by atomic mass is 16.5. The number of hydrogen-bond donors (Lipinski definition) is 1. The molecular weight excluding hydrogens is 354 g/mol. The normalized spacial score (nSPS) is 18.8. The number of likely N-dealkylation sites (tertiary alicyclic amines) is 1. The van der Waals surface area contributed by atoms with E-state index in [2.05, 4.69) is 0 Å². The van der Waals surface area contributed by atoms with Crippen LogP contribution in [0.1, 0.15) is 36.3 Å². The molecule has 5 nitrogen and oxygen atoms in total. The quantitative estimate of drug-likeness (QED) is 0.705. The van der Waals surface area contributed by atoms with Crippen molar-refractivity contribution in [3.8, 4) is 5.75 Å². The average molecular weight is 381 g/mol. The summed E-state index contributed by atoms with van der Waals surface area (Å²) in [5, 5.41) is 9.56. The van der Waals surface area contributed by atoms with Gasteiger partial charge in [-0.05, 0) is 43.0 Å². The van der Waals surface area contributed by atoms with Gasteiger partial charge in [-0.25, -0.2) is 0 Å². The number of rotatable bonds is 8. The van der Waals surface area contributed by atoms with Crippen molar-refractivity contribution in [2.24, 2.45) is 5.92 Å². The van der Waals surface area contributed by atoms with E-state index in [1.54, 1.807) is 4.90 Å². The first-order chi connectivity index (χ1) is 13.5. The number of aryl methyl sites for hydroxylation is 1. The topological polar surface area (TPSA) is 66.8 Å². The second-order valence-electron chi connectivity index (χ2n) is 7.38. The predicted molar refractivity (Wildman–Crippen MR) is 107 cm³/mol. The third-order valence-corrected chi connectivity index (χ3v) is 5.26. The number of benzene rings is 2. The highest BCUT2D eigenvalue weighted by Crippen LogP contribution is 2.33. The lowest BCUT2D eigenvalue weighted by Gasteiger charge is -2.16. The molecule has 1 saturated heterocycles. The molecule has 148 valence electrons. The Morgan fingerprint density at radius 2 is 1.86 bits per heavy atom. The van der Waals surface area contributed by atoms with E-state index in [-0.39, 0.29) is 18.4 Å². The number of ether oxygens (including phenoxy) is 1. The van der Waals surface area contributed by atoms with Gasteiger partial charge in [0, 0.05) is 25.4 Å². The largest absolute Gasteiger partial charge is 0.494 e. The summed E-state index contributed by atoms with van der Waals surface area (Å²) in [5.41, 5.74) is 2.14. The van der Waals surface area contributed by atoms with Crippen LogP contribution in [-0.4, -0.2) is 41.6 Å². The van der Waals surface area contributed by atoms with Gasteiger partial charge in [0.25, 0.3) is 0 Å². The Hall–Kier alpha value is -2.82. The van der Waals surface area contributed by atoms with Crippen LogP contribution in [0, 0.1) is 12.8 Å². The zero-order valence-corrected chi connectivity index (χ0v) is 16.2. The highest BCUT2D eigenvalue weighted by Gasteiger charge is 2.40. The van der Waals surface area contributed by atoms with Crippen LogP contribution in [0.4, 0.5) is 0 Å². The van der Waals surface area contributed by atoms with Gasteiger partial charge in [-0.2, -0.15) is 0 Å². The maximum absolute atomic E-state index is 12.6. The third kappa shape index (κ3) is 5.12. The molecule has 1 aliphatic rings. The van der Waals surface area contributed by atoms with E-state index >= 15 is 0 Å². The summed E-state index contributed by atoms with van der Waals surface area (Å²) in [6, 6.07) is 17.5. The van der Waals surface area contributed by atoms with Gasteiger partial charge in [-0.3, -0.25) is 9.59 Å². The molecule has 28 heavy (non-hydrogen) atoms. The standard InChI is InChI=1S/C23H27NO4/c1-17-8-7-11-19(14-17)28-13-6-5-12-22(25)24-15-20(21(16-24)23(26)27)18-9-3-2-4-10-18/h2-4,7-11,14,20-21H,5-6,12-13,15-16H2,1H3,(H,26,27). The molecule has 0 saturated carbocycles. The summed E-state index contributed by atoms with van der Waals surface area (Å²) < 4.78 is 5.71. The van der Waals surface area contributed by atoms with Gasteiger partial charge < -0.3 is 14.7 Å². The Morgan fingerprint density at radius 3 is 2.57 bits per heavy atom. The second-order valence-corrected chi connectivity index (χ2v) is 7.38. The summed E-state index contributed by atoms with van der Waals surface area (Å²) in [6.45, 7) is 3.35. The number of unbranched alkanes of at least 4 members (excludes halogenated alkanes) is 1. The van der Waals surface area contributed by atoms with Gasteiger partial charge >= 0.3 is 5.97 Å². The summed E-state index contributed by atoms with van der Waals surface area (Å²) in [4.78, 5) is 25.9. The maximum Gasteiger partial charge on any atom is 0.308 e. The monoisotopic (exact) mass is 381 g/mol. The van der Waals surface area contributed by atoms with Crippen LogP contribution in [0.15, 0.2) is 54.6 Å². The first-order valence-electron chi connectivity index (χ1n) is 9.79. The van der Waals surface area contributed by atoms with E-state index in [0.717, 1.165) is 29.7 Å². The van der Waals surface area contributed by atoms with Crippen molar-refractivity contribution in [3.63, 3.8) is 0 Å². The zero-order valence-electron chi connectivity index (χ0n) is 16.2. The summed E-state index contributed by atoms with van der Waals surface area (Å²) in [6.07, 6.45) is 1.94. The van der Waals surface area contributed by atoms with Crippen molar-refractivity contribution in [2.75, 3.05) is 19.7 Å². The van der Waals surface area contributed by atoms with Crippen LogP contribution in [0.25, 0.3) is 0 Å². The molecule has 1 N–H and O–H groups in total. The smallest absolute Gasteiger partial charge is 0.308 e. The van der Waals surface area contributed by atoms with Crippen molar-refractivity contribution in [2.45, 2.75) is 32.1 Å². The fourth-order valence-electron chi connectivity index (χ4n) is 3.73. The molecular formula is C23H27NO4. The summed E-state index contributed by atoms with van der Waals surface area (Å²) in [5.74, 6) is -0.653. The Balaban J connectivity index is 1.46. The van der Waals surface area contributed by atoms with E-state index in [4.69, 9.17) is 4.74 Å². The third-order valence-electron chi connectivity index (χ3n) is 5.26. The zero-order chi connectivity index (χ0) is 19.9. The Kier molecular flexibility index (Phi) is 6.69. The number of carbonyl (C=O) groups excluding carboxylic acids is 1.